The zero-order valence-corrected chi connectivity index (χ0v) is 11.2. The maximum absolute atomic E-state index is 5.82. The van der Waals surface area contributed by atoms with E-state index in [0.717, 1.165) is 10.5 Å². The molecule has 0 atom stereocenters. The van der Waals surface area contributed by atoms with Crippen LogP contribution in [0.3, 0.4) is 0 Å². The number of thiol groups is 1. The van der Waals surface area contributed by atoms with Crippen molar-refractivity contribution in [2.45, 2.75) is 10.8 Å². The molecule has 0 spiro atoms. The molecule has 0 bridgehead atoms. The summed E-state index contributed by atoms with van der Waals surface area (Å²) in [6, 6.07) is 4.20. The number of alkyl halides is 1. The van der Waals surface area contributed by atoms with Gasteiger partial charge in [0.15, 0.2) is 0 Å². The summed E-state index contributed by atoms with van der Waals surface area (Å²) < 4.78 is 2.57. The second-order valence-corrected chi connectivity index (χ2v) is 5.46. The fraction of sp³-hybridized carbons (Fsp3) is 0.111. The van der Waals surface area contributed by atoms with E-state index in [4.69, 9.17) is 11.6 Å². The zero-order valence-electron chi connectivity index (χ0n) is 6.55. The fourth-order valence-electron chi connectivity index (χ4n) is 1.24. The summed E-state index contributed by atoms with van der Waals surface area (Å²) in [6.45, 7) is 0. The van der Waals surface area contributed by atoms with Crippen LogP contribution in [0.4, 0.5) is 0 Å². The van der Waals surface area contributed by atoms with Gasteiger partial charge in [0, 0.05) is 24.4 Å². The monoisotopic (exact) mass is 340 g/mol. The molecule has 0 nitrogen and oxygen atoms in total. The second-order valence-electron chi connectivity index (χ2n) is 2.66. The van der Waals surface area contributed by atoms with Crippen LogP contribution in [0.1, 0.15) is 5.56 Å². The average molecular weight is 341 g/mol. The SMILES string of the molecule is Sc1c(CCl)cc(I)c2sccc12. The average Bonchev–Trinajstić information content (AvgIpc) is 2.60. The van der Waals surface area contributed by atoms with Gasteiger partial charge in [-0.25, -0.2) is 0 Å². The number of halogens is 2. The molecular formula is C9H6ClIS2. The quantitative estimate of drug-likeness (QED) is 0.440. The van der Waals surface area contributed by atoms with Crippen molar-refractivity contribution >= 4 is 68.2 Å². The number of rotatable bonds is 1. The third-order valence-corrected chi connectivity index (χ3v) is 4.87. The first kappa shape index (κ1) is 10.1. The summed E-state index contributed by atoms with van der Waals surface area (Å²) in [6.07, 6.45) is 0. The Kier molecular flexibility index (Phi) is 3.07. The van der Waals surface area contributed by atoms with Crippen LogP contribution in [-0.2, 0) is 5.88 Å². The minimum absolute atomic E-state index is 0.528. The van der Waals surface area contributed by atoms with Crippen molar-refractivity contribution in [2.75, 3.05) is 0 Å². The number of hydrogen-bond acceptors (Lipinski definition) is 2. The Bertz CT molecular complexity index is 450. The standard InChI is InChI=1S/C9H6ClIS2/c10-4-5-3-7(11)9-6(8(5)12)1-2-13-9/h1-3,12H,4H2. The maximum atomic E-state index is 5.82. The van der Waals surface area contributed by atoms with Gasteiger partial charge in [-0.1, -0.05) is 0 Å². The fourth-order valence-corrected chi connectivity index (χ4v) is 3.81. The highest BCUT2D eigenvalue weighted by molar-refractivity contribution is 14.1. The molecule has 4 heteroatoms. The van der Waals surface area contributed by atoms with E-state index >= 15 is 0 Å². The van der Waals surface area contributed by atoms with Gasteiger partial charge in [0.1, 0.15) is 0 Å². The lowest BCUT2D eigenvalue weighted by atomic mass is 10.2. The van der Waals surface area contributed by atoms with Crippen LogP contribution in [0, 0.1) is 3.57 Å². The summed E-state index contributed by atoms with van der Waals surface area (Å²) in [5, 5.41) is 3.31. The molecule has 1 aromatic heterocycles. The van der Waals surface area contributed by atoms with Gasteiger partial charge in [-0.05, 0) is 45.7 Å². The highest BCUT2D eigenvalue weighted by Crippen LogP contribution is 2.34. The minimum Gasteiger partial charge on any atom is -0.143 e. The third kappa shape index (κ3) is 1.71. The van der Waals surface area contributed by atoms with E-state index < -0.39 is 0 Å². The first-order valence-electron chi connectivity index (χ1n) is 3.67. The first-order valence-corrected chi connectivity index (χ1v) is 6.61. The van der Waals surface area contributed by atoms with Crippen LogP contribution in [0.25, 0.3) is 10.1 Å². The highest BCUT2D eigenvalue weighted by Gasteiger charge is 2.08. The van der Waals surface area contributed by atoms with Crippen molar-refractivity contribution in [2.24, 2.45) is 0 Å². The van der Waals surface area contributed by atoms with Gasteiger partial charge in [-0.15, -0.1) is 35.6 Å². The normalized spacial score (nSPS) is 11.0. The van der Waals surface area contributed by atoms with Gasteiger partial charge in [0.25, 0.3) is 0 Å². The lowest BCUT2D eigenvalue weighted by molar-refractivity contribution is 1.30. The number of fused-ring (bicyclic) bond motifs is 1. The van der Waals surface area contributed by atoms with E-state index in [1.165, 1.54) is 13.7 Å². The Morgan fingerprint density at radius 3 is 3.00 bits per heavy atom. The van der Waals surface area contributed by atoms with Gasteiger partial charge in [0.2, 0.25) is 0 Å². The molecule has 1 heterocycles. The molecule has 0 saturated heterocycles. The molecule has 0 fully saturated rings. The van der Waals surface area contributed by atoms with Crippen molar-refractivity contribution in [3.63, 3.8) is 0 Å². The number of benzene rings is 1. The molecule has 13 heavy (non-hydrogen) atoms. The molecule has 0 N–H and O–H groups in total. The molecule has 0 aliphatic rings. The lowest BCUT2D eigenvalue weighted by Crippen LogP contribution is -1.84. The van der Waals surface area contributed by atoms with E-state index in [2.05, 4.69) is 52.7 Å². The van der Waals surface area contributed by atoms with Crippen LogP contribution < -0.4 is 0 Å². The van der Waals surface area contributed by atoms with Crippen molar-refractivity contribution in [1.29, 1.82) is 0 Å². The first-order chi connectivity index (χ1) is 6.24. The highest BCUT2D eigenvalue weighted by atomic mass is 127. The maximum Gasteiger partial charge on any atom is 0.0487 e. The molecule has 0 aliphatic heterocycles. The molecule has 2 aromatic rings. The molecule has 0 aliphatic carbocycles. The molecule has 0 radical (unpaired) electrons. The summed E-state index contributed by atoms with van der Waals surface area (Å²) >= 11 is 14.4. The predicted molar refractivity (Wildman–Crippen MR) is 71.4 cm³/mol. The van der Waals surface area contributed by atoms with Gasteiger partial charge < -0.3 is 0 Å². The lowest BCUT2D eigenvalue weighted by Gasteiger charge is -2.04. The van der Waals surface area contributed by atoms with Crippen LogP contribution in [0.5, 0.6) is 0 Å². The Balaban J connectivity index is 2.85. The largest absolute Gasteiger partial charge is 0.143 e. The van der Waals surface area contributed by atoms with Crippen LogP contribution in [0.2, 0.25) is 0 Å². The summed E-state index contributed by atoms with van der Waals surface area (Å²) in [7, 11) is 0. The summed E-state index contributed by atoms with van der Waals surface area (Å²) in [5.74, 6) is 0.528. The van der Waals surface area contributed by atoms with Gasteiger partial charge >= 0.3 is 0 Å². The molecule has 68 valence electrons. The summed E-state index contributed by atoms with van der Waals surface area (Å²) in [5.41, 5.74) is 1.11. The number of thiophene rings is 1. The Hall–Kier alpha value is 0.550. The zero-order chi connectivity index (χ0) is 9.42. The Morgan fingerprint density at radius 1 is 1.54 bits per heavy atom. The van der Waals surface area contributed by atoms with Crippen molar-refractivity contribution in [3.05, 3.63) is 26.6 Å². The van der Waals surface area contributed by atoms with Crippen LogP contribution in [-0.4, -0.2) is 0 Å². The molecule has 0 saturated carbocycles. The van der Waals surface area contributed by atoms with Crippen molar-refractivity contribution < 1.29 is 0 Å². The van der Waals surface area contributed by atoms with Crippen molar-refractivity contribution in [1.82, 2.24) is 0 Å². The van der Waals surface area contributed by atoms with E-state index in [0.29, 0.717) is 5.88 Å². The molecule has 2 rings (SSSR count). The smallest absolute Gasteiger partial charge is 0.0487 e. The molecular weight excluding hydrogens is 335 g/mol. The van der Waals surface area contributed by atoms with E-state index in [1.807, 2.05) is 0 Å². The molecule has 0 unspecified atom stereocenters. The van der Waals surface area contributed by atoms with Crippen molar-refractivity contribution in [3.8, 4) is 0 Å². The van der Waals surface area contributed by atoms with Crippen LogP contribution in [0.15, 0.2) is 22.4 Å². The molecule has 0 amide bonds. The Morgan fingerprint density at radius 2 is 2.31 bits per heavy atom. The van der Waals surface area contributed by atoms with E-state index in [9.17, 15) is 0 Å². The second kappa shape index (κ2) is 3.96. The third-order valence-electron chi connectivity index (χ3n) is 1.89. The van der Waals surface area contributed by atoms with Gasteiger partial charge in [0.05, 0.1) is 0 Å². The topological polar surface area (TPSA) is 0 Å². The molecule has 1 aromatic carbocycles. The van der Waals surface area contributed by atoms with E-state index in [-0.39, 0.29) is 0 Å². The van der Waals surface area contributed by atoms with E-state index in [1.54, 1.807) is 11.3 Å². The predicted octanol–water partition coefficient (Wildman–Crippen LogP) is 4.53. The van der Waals surface area contributed by atoms with Crippen LogP contribution >= 0.6 is 58.2 Å². The minimum atomic E-state index is 0.528. The Labute approximate surface area is 105 Å². The summed E-state index contributed by atoms with van der Waals surface area (Å²) in [4.78, 5) is 1.02. The van der Waals surface area contributed by atoms with Gasteiger partial charge in [-0.2, -0.15) is 0 Å². The van der Waals surface area contributed by atoms with Gasteiger partial charge in [-0.3, -0.25) is 0 Å². The number of hydrogen-bond donors (Lipinski definition) is 1.